The Kier molecular flexibility index (Phi) is 4.69. The molecular formula is C21H19N5O2S. The minimum absolute atomic E-state index is 0.0691. The van der Waals surface area contributed by atoms with Crippen molar-refractivity contribution in [2.24, 2.45) is 0 Å². The highest BCUT2D eigenvalue weighted by molar-refractivity contribution is 7.20. The summed E-state index contributed by atoms with van der Waals surface area (Å²) in [4.78, 5) is 20.6. The van der Waals surface area contributed by atoms with Gasteiger partial charge < -0.3 is 9.64 Å². The summed E-state index contributed by atoms with van der Waals surface area (Å²) in [5.41, 5.74) is 2.15. The second-order valence-electron chi connectivity index (χ2n) is 6.91. The van der Waals surface area contributed by atoms with Crippen LogP contribution in [0.5, 0.6) is 5.19 Å². The van der Waals surface area contributed by atoms with Crippen LogP contribution >= 0.6 is 11.3 Å². The van der Waals surface area contributed by atoms with Crippen molar-refractivity contribution in [2.45, 2.75) is 18.9 Å². The number of likely N-dealkylation sites (tertiary alicyclic amines) is 1. The topological polar surface area (TPSA) is 73.1 Å². The molecule has 5 rings (SSSR count). The number of fused-ring (bicyclic) bond motifs is 1. The third-order valence-corrected chi connectivity index (χ3v) is 5.90. The fourth-order valence-corrected chi connectivity index (χ4v) is 4.31. The van der Waals surface area contributed by atoms with Gasteiger partial charge in [-0.05, 0) is 24.3 Å². The number of benzene rings is 2. The van der Waals surface area contributed by atoms with Crippen molar-refractivity contribution in [1.29, 1.82) is 0 Å². The second kappa shape index (κ2) is 7.63. The highest BCUT2D eigenvalue weighted by Crippen LogP contribution is 2.29. The molecule has 0 N–H and O–H groups in total. The van der Waals surface area contributed by atoms with Crippen molar-refractivity contribution in [1.82, 2.24) is 24.9 Å². The Morgan fingerprint density at radius 3 is 2.59 bits per heavy atom. The van der Waals surface area contributed by atoms with E-state index in [9.17, 15) is 4.79 Å². The number of nitrogens with zero attached hydrogens (tertiary/aromatic N) is 5. The minimum atomic E-state index is -0.0920. The van der Waals surface area contributed by atoms with Gasteiger partial charge in [-0.15, -0.1) is 5.10 Å². The van der Waals surface area contributed by atoms with Gasteiger partial charge in [-0.25, -0.2) is 4.98 Å². The molecule has 1 saturated heterocycles. The number of piperidine rings is 1. The molecule has 2 aromatic carbocycles. The average Bonchev–Trinajstić information content (AvgIpc) is 3.41. The van der Waals surface area contributed by atoms with Crippen LogP contribution in [0.15, 0.2) is 60.8 Å². The van der Waals surface area contributed by atoms with Gasteiger partial charge in [0, 0.05) is 25.9 Å². The summed E-state index contributed by atoms with van der Waals surface area (Å²) in [5, 5.41) is 9.26. The molecular weight excluding hydrogens is 386 g/mol. The molecule has 3 heterocycles. The molecule has 2 aromatic heterocycles. The van der Waals surface area contributed by atoms with Crippen LogP contribution in [0, 0.1) is 0 Å². The van der Waals surface area contributed by atoms with Crippen LogP contribution in [0.2, 0.25) is 0 Å². The van der Waals surface area contributed by atoms with Gasteiger partial charge in [0.2, 0.25) is 0 Å². The van der Waals surface area contributed by atoms with E-state index in [2.05, 4.69) is 15.2 Å². The summed E-state index contributed by atoms with van der Waals surface area (Å²) in [6.45, 7) is 1.26. The van der Waals surface area contributed by atoms with E-state index in [4.69, 9.17) is 4.74 Å². The molecule has 0 saturated carbocycles. The lowest BCUT2D eigenvalue weighted by atomic mass is 10.1. The van der Waals surface area contributed by atoms with Crippen LogP contribution in [0.3, 0.4) is 0 Å². The lowest BCUT2D eigenvalue weighted by Crippen LogP contribution is -2.42. The molecule has 0 spiro atoms. The number of hydrogen-bond acceptors (Lipinski definition) is 6. The normalized spacial score (nSPS) is 15.0. The molecule has 4 aromatic rings. The molecule has 0 unspecified atom stereocenters. The van der Waals surface area contributed by atoms with Crippen LogP contribution < -0.4 is 4.74 Å². The molecule has 7 nitrogen and oxygen atoms in total. The lowest BCUT2D eigenvalue weighted by Gasteiger charge is -2.31. The zero-order valence-corrected chi connectivity index (χ0v) is 16.5. The molecule has 29 heavy (non-hydrogen) atoms. The van der Waals surface area contributed by atoms with Crippen LogP contribution in [0.25, 0.3) is 15.9 Å². The maximum atomic E-state index is 12.8. The predicted octanol–water partition coefficient (Wildman–Crippen LogP) is 3.56. The fourth-order valence-electron chi connectivity index (χ4n) is 3.43. The summed E-state index contributed by atoms with van der Waals surface area (Å²) >= 11 is 1.56. The lowest BCUT2D eigenvalue weighted by molar-refractivity contribution is 0.0589. The van der Waals surface area contributed by atoms with Gasteiger partial charge in [0.1, 0.15) is 6.10 Å². The van der Waals surface area contributed by atoms with E-state index in [1.165, 1.54) is 11.0 Å². The number of rotatable bonds is 4. The van der Waals surface area contributed by atoms with E-state index in [-0.39, 0.29) is 12.0 Å². The molecule has 0 aliphatic carbocycles. The largest absolute Gasteiger partial charge is 0.467 e. The molecule has 8 heteroatoms. The van der Waals surface area contributed by atoms with E-state index in [0.717, 1.165) is 28.7 Å². The molecule has 1 aliphatic rings. The van der Waals surface area contributed by atoms with E-state index >= 15 is 0 Å². The fraction of sp³-hybridized carbons (Fsp3) is 0.238. The number of hydrogen-bond donors (Lipinski definition) is 0. The quantitative estimate of drug-likeness (QED) is 0.519. The monoisotopic (exact) mass is 405 g/mol. The van der Waals surface area contributed by atoms with Gasteiger partial charge in [0.05, 0.1) is 22.1 Å². The van der Waals surface area contributed by atoms with Crippen molar-refractivity contribution in [3.63, 3.8) is 0 Å². The average molecular weight is 405 g/mol. The Labute approximate surface area is 171 Å². The summed E-state index contributed by atoms with van der Waals surface area (Å²) in [5.74, 6) is -0.0920. The highest BCUT2D eigenvalue weighted by Gasteiger charge is 2.27. The van der Waals surface area contributed by atoms with Crippen molar-refractivity contribution in [3.8, 4) is 10.9 Å². The Hall–Kier alpha value is -3.26. The number of ether oxygens (including phenoxy) is 1. The highest BCUT2D eigenvalue weighted by atomic mass is 32.1. The van der Waals surface area contributed by atoms with E-state index in [0.29, 0.717) is 24.0 Å². The number of amides is 1. The first-order chi connectivity index (χ1) is 14.3. The second-order valence-corrected chi connectivity index (χ2v) is 7.90. The Balaban J connectivity index is 1.20. The number of aromatic nitrogens is 4. The number of thiazole rings is 1. The minimum Gasteiger partial charge on any atom is -0.467 e. The van der Waals surface area contributed by atoms with Crippen LogP contribution in [0.1, 0.15) is 23.3 Å². The number of carbonyl (C=O) groups excluding carboxylic acids is 1. The standard InChI is InChI=1S/C21H19N5O2S/c27-20(18-14-22-26(24-18)15-6-2-1-3-7-15)25-12-10-16(11-13-25)28-21-23-17-8-4-5-9-19(17)29-21/h1-9,14,16H,10-13H2. The molecule has 1 fully saturated rings. The van der Waals surface area contributed by atoms with Crippen LogP contribution in [-0.2, 0) is 0 Å². The summed E-state index contributed by atoms with van der Waals surface area (Å²) in [7, 11) is 0. The first kappa shape index (κ1) is 17.8. The molecule has 0 atom stereocenters. The zero-order chi connectivity index (χ0) is 19.6. The SMILES string of the molecule is O=C(c1cnn(-c2ccccc2)n1)N1CCC(Oc2nc3ccccc3s2)CC1. The third-order valence-electron chi connectivity index (χ3n) is 4.97. The predicted molar refractivity (Wildman–Crippen MR) is 111 cm³/mol. The summed E-state index contributed by atoms with van der Waals surface area (Å²) in [6, 6.07) is 17.6. The summed E-state index contributed by atoms with van der Waals surface area (Å²) < 4.78 is 7.20. The number of para-hydroxylation sites is 2. The summed E-state index contributed by atoms with van der Waals surface area (Å²) in [6.07, 6.45) is 3.14. The van der Waals surface area contributed by atoms with Crippen LogP contribution in [0.4, 0.5) is 0 Å². The van der Waals surface area contributed by atoms with Gasteiger partial charge >= 0.3 is 0 Å². The van der Waals surface area contributed by atoms with Gasteiger partial charge in [-0.3, -0.25) is 4.79 Å². The van der Waals surface area contributed by atoms with Gasteiger partial charge in [-0.1, -0.05) is 41.7 Å². The van der Waals surface area contributed by atoms with Gasteiger partial charge in [0.15, 0.2) is 5.69 Å². The zero-order valence-electron chi connectivity index (χ0n) is 15.6. The van der Waals surface area contributed by atoms with Gasteiger partial charge in [0.25, 0.3) is 11.1 Å². The van der Waals surface area contributed by atoms with E-state index in [1.807, 2.05) is 59.5 Å². The smallest absolute Gasteiger partial charge is 0.276 e. The van der Waals surface area contributed by atoms with Gasteiger partial charge in [-0.2, -0.15) is 9.90 Å². The molecule has 1 aliphatic heterocycles. The van der Waals surface area contributed by atoms with E-state index < -0.39 is 0 Å². The molecule has 146 valence electrons. The van der Waals surface area contributed by atoms with E-state index in [1.54, 1.807) is 11.3 Å². The maximum Gasteiger partial charge on any atom is 0.276 e. The third kappa shape index (κ3) is 3.71. The van der Waals surface area contributed by atoms with Crippen molar-refractivity contribution >= 4 is 27.5 Å². The first-order valence-corrected chi connectivity index (χ1v) is 10.4. The van der Waals surface area contributed by atoms with Crippen LogP contribution in [-0.4, -0.2) is 50.0 Å². The first-order valence-electron chi connectivity index (χ1n) is 9.55. The maximum absolute atomic E-state index is 12.8. The Morgan fingerprint density at radius 2 is 1.79 bits per heavy atom. The van der Waals surface area contributed by atoms with Crippen molar-refractivity contribution < 1.29 is 9.53 Å². The molecule has 1 amide bonds. The molecule has 0 bridgehead atoms. The van der Waals surface area contributed by atoms with Crippen molar-refractivity contribution in [3.05, 3.63) is 66.5 Å². The Morgan fingerprint density at radius 1 is 1.03 bits per heavy atom. The number of carbonyl (C=O) groups is 1. The molecule has 0 radical (unpaired) electrons. The van der Waals surface area contributed by atoms with Crippen molar-refractivity contribution in [2.75, 3.05) is 13.1 Å². The Bertz CT molecular complexity index is 1100.